The Morgan fingerprint density at radius 2 is 1.54 bits per heavy atom. The predicted molar refractivity (Wildman–Crippen MR) is 87.7 cm³/mol. The molecule has 0 bridgehead atoms. The van der Waals surface area contributed by atoms with Crippen molar-refractivity contribution in [1.29, 1.82) is 0 Å². The van der Waals surface area contributed by atoms with E-state index in [-0.39, 0.29) is 33.6 Å². The smallest absolute Gasteiger partial charge is 0.346 e. The molecule has 0 aliphatic rings. The Bertz CT molecular complexity index is 651. The van der Waals surface area contributed by atoms with Crippen LogP contribution in [-0.4, -0.2) is 11.9 Å². The van der Waals surface area contributed by atoms with Gasteiger partial charge in [0.2, 0.25) is 0 Å². The quantitative estimate of drug-likeness (QED) is 0.367. The summed E-state index contributed by atoms with van der Waals surface area (Å²) in [7, 11) is 0. The minimum absolute atomic E-state index is 0. The van der Waals surface area contributed by atoms with E-state index in [0.717, 1.165) is 30.0 Å². The molecule has 24 heavy (non-hydrogen) atoms. The fraction of sp³-hybridized carbons (Fsp3) is 0.368. The first kappa shape index (κ1) is 22.9. The molecule has 2 aromatic carbocycles. The second-order valence-electron chi connectivity index (χ2n) is 5.45. The minimum Gasteiger partial charge on any atom is -0.389 e. The van der Waals surface area contributed by atoms with E-state index in [2.05, 4.69) is 6.92 Å². The molecule has 134 valence electrons. The molecule has 0 spiro atoms. The molecule has 2 aromatic rings. The van der Waals surface area contributed by atoms with E-state index < -0.39 is 11.9 Å². The summed E-state index contributed by atoms with van der Waals surface area (Å²) in [5, 5.41) is 1.77. The summed E-state index contributed by atoms with van der Waals surface area (Å²) in [5.41, 5.74) is 0.442. The fourth-order valence-corrected chi connectivity index (χ4v) is 2.49. The van der Waals surface area contributed by atoms with Crippen LogP contribution in [0.25, 0.3) is 10.8 Å². The number of carbonyl (C=O) groups is 2. The molecule has 5 heteroatoms. The maximum absolute atomic E-state index is 12.2. The number of carbonyl (C=O) groups excluding carboxylic acids is 2. The van der Waals surface area contributed by atoms with Gasteiger partial charge in [0.15, 0.2) is 0 Å². The average Bonchev–Trinajstić information content (AvgIpc) is 2.54. The Balaban J connectivity index is 0.00000264. The van der Waals surface area contributed by atoms with Crippen LogP contribution in [0.3, 0.4) is 0 Å². The number of benzene rings is 2. The normalized spacial score (nSPS) is 9.71. The summed E-state index contributed by atoms with van der Waals surface area (Å²) in [4.78, 5) is 23.9. The van der Waals surface area contributed by atoms with Crippen LogP contribution in [0.2, 0.25) is 0 Å². The summed E-state index contributed by atoms with van der Waals surface area (Å²) < 4.78 is 4.97. The number of fused-ring (bicyclic) bond motifs is 1. The van der Waals surface area contributed by atoms with Gasteiger partial charge in [-0.3, -0.25) is 4.79 Å². The SMILES string of the molecule is CCCCCCCC(=O)OC(=O)c1cccc2ccccc12.[Co].[Co]. The number of rotatable bonds is 7. The Labute approximate surface area is 163 Å². The molecule has 0 saturated carbocycles. The van der Waals surface area contributed by atoms with E-state index in [9.17, 15) is 9.59 Å². The van der Waals surface area contributed by atoms with Gasteiger partial charge in [-0.2, -0.15) is 0 Å². The zero-order valence-electron chi connectivity index (χ0n) is 13.7. The van der Waals surface area contributed by atoms with Crippen LogP contribution in [0.1, 0.15) is 55.8 Å². The summed E-state index contributed by atoms with van der Waals surface area (Å²) in [6.07, 6.45) is 5.57. The topological polar surface area (TPSA) is 43.4 Å². The minimum atomic E-state index is -0.560. The molecule has 0 amide bonds. The number of esters is 2. The molecule has 0 saturated heterocycles. The third kappa shape index (κ3) is 6.77. The van der Waals surface area contributed by atoms with Crippen molar-refractivity contribution in [3.8, 4) is 0 Å². The molecule has 0 atom stereocenters. The summed E-state index contributed by atoms with van der Waals surface area (Å²) >= 11 is 0. The average molecular weight is 416 g/mol. The van der Waals surface area contributed by atoms with Crippen molar-refractivity contribution < 1.29 is 47.9 Å². The van der Waals surface area contributed by atoms with E-state index in [4.69, 9.17) is 4.74 Å². The van der Waals surface area contributed by atoms with Crippen LogP contribution < -0.4 is 0 Å². The van der Waals surface area contributed by atoms with Gasteiger partial charge >= 0.3 is 11.9 Å². The first-order valence-electron chi connectivity index (χ1n) is 7.95. The van der Waals surface area contributed by atoms with Crippen molar-refractivity contribution in [2.24, 2.45) is 0 Å². The first-order chi connectivity index (χ1) is 10.7. The molecule has 0 heterocycles. The number of hydrogen-bond donors (Lipinski definition) is 0. The van der Waals surface area contributed by atoms with E-state index in [0.29, 0.717) is 12.0 Å². The maximum atomic E-state index is 12.2. The van der Waals surface area contributed by atoms with Crippen molar-refractivity contribution >= 4 is 22.7 Å². The zero-order valence-corrected chi connectivity index (χ0v) is 15.8. The Morgan fingerprint density at radius 3 is 2.29 bits per heavy atom. The van der Waals surface area contributed by atoms with Gasteiger partial charge in [-0.1, -0.05) is 69.0 Å². The summed E-state index contributed by atoms with van der Waals surface area (Å²) in [5.74, 6) is -0.996. The zero-order chi connectivity index (χ0) is 15.8. The van der Waals surface area contributed by atoms with E-state index >= 15 is 0 Å². The van der Waals surface area contributed by atoms with Crippen LogP contribution in [0.5, 0.6) is 0 Å². The van der Waals surface area contributed by atoms with Gasteiger partial charge < -0.3 is 4.74 Å². The Hall–Kier alpha value is -1.15. The van der Waals surface area contributed by atoms with Crippen molar-refractivity contribution in [3.63, 3.8) is 0 Å². The monoisotopic (exact) mass is 416 g/mol. The molecule has 0 unspecified atom stereocenters. The molecule has 0 aliphatic heterocycles. The van der Waals surface area contributed by atoms with Crippen molar-refractivity contribution in [2.45, 2.75) is 45.4 Å². The van der Waals surface area contributed by atoms with E-state index in [1.54, 1.807) is 12.1 Å². The fourth-order valence-electron chi connectivity index (χ4n) is 2.49. The van der Waals surface area contributed by atoms with E-state index in [1.807, 2.05) is 30.3 Å². The third-order valence-electron chi connectivity index (χ3n) is 3.70. The Kier molecular flexibility index (Phi) is 11.7. The standard InChI is InChI=1S/C19H22O3.2Co/c1-2-3-4-5-6-14-18(20)22-19(21)17-13-9-11-15-10-7-8-12-16(15)17;;/h7-13H,2-6,14H2,1H3;;. The molecule has 0 aromatic heterocycles. The number of unbranched alkanes of at least 4 members (excludes halogenated alkanes) is 4. The molecule has 2 radical (unpaired) electrons. The third-order valence-corrected chi connectivity index (χ3v) is 3.70. The van der Waals surface area contributed by atoms with Crippen LogP contribution in [0, 0.1) is 0 Å². The van der Waals surface area contributed by atoms with Gasteiger partial charge in [0.1, 0.15) is 0 Å². The number of hydrogen-bond acceptors (Lipinski definition) is 3. The predicted octanol–water partition coefficient (Wildman–Crippen LogP) is 4.88. The van der Waals surface area contributed by atoms with Gasteiger partial charge in [0, 0.05) is 40.0 Å². The summed E-state index contributed by atoms with van der Waals surface area (Å²) in [6, 6.07) is 13.0. The van der Waals surface area contributed by atoms with Crippen LogP contribution in [0.4, 0.5) is 0 Å². The van der Waals surface area contributed by atoms with Gasteiger partial charge in [-0.05, 0) is 23.3 Å². The molecule has 2 rings (SSSR count). The largest absolute Gasteiger partial charge is 0.389 e. The van der Waals surface area contributed by atoms with Crippen molar-refractivity contribution in [2.75, 3.05) is 0 Å². The van der Waals surface area contributed by atoms with Crippen LogP contribution in [0.15, 0.2) is 42.5 Å². The maximum Gasteiger partial charge on any atom is 0.346 e. The second-order valence-corrected chi connectivity index (χ2v) is 5.45. The van der Waals surface area contributed by atoms with Gasteiger partial charge in [0.25, 0.3) is 0 Å². The second kappa shape index (κ2) is 12.2. The van der Waals surface area contributed by atoms with Crippen LogP contribution >= 0.6 is 0 Å². The number of ether oxygens (including phenoxy) is 1. The first-order valence-corrected chi connectivity index (χ1v) is 7.95. The molecular weight excluding hydrogens is 394 g/mol. The van der Waals surface area contributed by atoms with Crippen LogP contribution in [-0.2, 0) is 43.1 Å². The van der Waals surface area contributed by atoms with Gasteiger partial charge in [-0.25, -0.2) is 4.79 Å². The van der Waals surface area contributed by atoms with Gasteiger partial charge in [-0.15, -0.1) is 0 Å². The Morgan fingerprint density at radius 1 is 0.875 bits per heavy atom. The summed E-state index contributed by atoms with van der Waals surface area (Å²) in [6.45, 7) is 2.15. The van der Waals surface area contributed by atoms with E-state index in [1.165, 1.54) is 12.8 Å². The molecule has 0 N–H and O–H groups in total. The molecular formula is C19H22Co2O3. The van der Waals surface area contributed by atoms with Gasteiger partial charge in [0.05, 0.1) is 5.56 Å². The van der Waals surface area contributed by atoms with Crippen molar-refractivity contribution in [3.05, 3.63) is 48.0 Å². The van der Waals surface area contributed by atoms with Crippen molar-refractivity contribution in [1.82, 2.24) is 0 Å². The molecule has 0 fully saturated rings. The molecule has 0 aliphatic carbocycles. The molecule has 3 nitrogen and oxygen atoms in total.